The van der Waals surface area contributed by atoms with Gasteiger partial charge >= 0.3 is 0 Å². The van der Waals surface area contributed by atoms with Crippen LogP contribution in [0.15, 0.2) is 42.5 Å². The fourth-order valence-corrected chi connectivity index (χ4v) is 2.13. The topological polar surface area (TPSA) is 72.2 Å². The molecule has 0 radical (unpaired) electrons. The lowest BCUT2D eigenvalue weighted by Gasteiger charge is -2.03. The summed E-state index contributed by atoms with van der Waals surface area (Å²) in [7, 11) is 0. The van der Waals surface area contributed by atoms with Gasteiger partial charge in [0.1, 0.15) is 5.56 Å². The third-order valence-electron chi connectivity index (χ3n) is 2.83. The molecule has 0 fully saturated rings. The molecular formula is C16H10Cl2N2O3. The Kier molecular flexibility index (Phi) is 5.58. The summed E-state index contributed by atoms with van der Waals surface area (Å²) in [6.45, 7) is 0.0216. The molecule has 1 N–H and O–H groups in total. The molecule has 116 valence electrons. The number of nitrogens with one attached hydrogen (secondary N) is 1. The van der Waals surface area contributed by atoms with Crippen molar-refractivity contribution in [2.45, 2.75) is 0 Å². The highest BCUT2D eigenvalue weighted by Gasteiger charge is 2.19. The average molecular weight is 349 g/mol. The Labute approximate surface area is 142 Å². The van der Waals surface area contributed by atoms with Gasteiger partial charge < -0.3 is 5.32 Å². The zero-order valence-corrected chi connectivity index (χ0v) is 13.2. The number of nitro benzene ring substituents is 1. The molecule has 2 aromatic rings. The summed E-state index contributed by atoms with van der Waals surface area (Å²) in [5.41, 5.74) is 0.213. The first-order valence-corrected chi connectivity index (χ1v) is 7.20. The number of carbonyl (C=O) groups excluding carboxylic acids is 1. The average Bonchev–Trinajstić information content (AvgIpc) is 2.52. The molecular weight excluding hydrogens is 339 g/mol. The smallest absolute Gasteiger partial charge is 0.282 e. The first kappa shape index (κ1) is 16.8. The van der Waals surface area contributed by atoms with E-state index in [1.165, 1.54) is 18.2 Å². The molecule has 7 heteroatoms. The number of nitro groups is 1. The lowest BCUT2D eigenvalue weighted by molar-refractivity contribution is -0.385. The summed E-state index contributed by atoms with van der Waals surface area (Å²) in [4.78, 5) is 22.3. The third-order valence-corrected chi connectivity index (χ3v) is 3.40. The van der Waals surface area contributed by atoms with Crippen LogP contribution >= 0.6 is 23.2 Å². The van der Waals surface area contributed by atoms with Gasteiger partial charge in [0.25, 0.3) is 11.6 Å². The van der Waals surface area contributed by atoms with Gasteiger partial charge in [0.05, 0.1) is 16.5 Å². The first-order valence-electron chi connectivity index (χ1n) is 6.44. The van der Waals surface area contributed by atoms with Crippen molar-refractivity contribution in [3.8, 4) is 11.8 Å². The van der Waals surface area contributed by atoms with Crippen LogP contribution in [0.25, 0.3) is 0 Å². The Balaban J connectivity index is 2.08. The van der Waals surface area contributed by atoms with Gasteiger partial charge in [0.15, 0.2) is 0 Å². The second kappa shape index (κ2) is 7.63. The number of rotatable bonds is 3. The molecule has 2 aromatic carbocycles. The van der Waals surface area contributed by atoms with Crippen molar-refractivity contribution >= 4 is 34.8 Å². The molecule has 1 amide bonds. The molecule has 23 heavy (non-hydrogen) atoms. The number of amides is 1. The van der Waals surface area contributed by atoms with Crippen LogP contribution in [0.3, 0.4) is 0 Å². The van der Waals surface area contributed by atoms with Gasteiger partial charge in [-0.25, -0.2) is 0 Å². The predicted octanol–water partition coefficient (Wildman–Crippen LogP) is 3.68. The molecule has 0 saturated carbocycles. The second-order valence-corrected chi connectivity index (χ2v) is 5.23. The van der Waals surface area contributed by atoms with Crippen LogP contribution in [0.4, 0.5) is 5.69 Å². The SMILES string of the molecule is O=C(NCC#Cc1ccccc1Cl)c1cc(Cl)ccc1[N+](=O)[O-]. The van der Waals surface area contributed by atoms with Gasteiger partial charge in [-0.1, -0.05) is 47.2 Å². The molecule has 0 unspecified atom stereocenters. The van der Waals surface area contributed by atoms with Crippen LogP contribution < -0.4 is 5.32 Å². The quantitative estimate of drug-likeness (QED) is 0.522. The van der Waals surface area contributed by atoms with E-state index >= 15 is 0 Å². The standard InChI is InChI=1S/C16H10Cl2N2O3/c17-12-7-8-15(20(22)23)13(10-12)16(21)19-9-3-5-11-4-1-2-6-14(11)18/h1-2,4,6-8,10H,9H2,(H,19,21). The van der Waals surface area contributed by atoms with Crippen molar-refractivity contribution in [1.29, 1.82) is 0 Å². The molecule has 0 aliphatic heterocycles. The first-order chi connectivity index (χ1) is 11.0. The summed E-state index contributed by atoms with van der Waals surface area (Å²) in [5, 5.41) is 14.2. The van der Waals surface area contributed by atoms with E-state index in [0.717, 1.165) is 0 Å². The van der Waals surface area contributed by atoms with Crippen LogP contribution in [-0.4, -0.2) is 17.4 Å². The normalized spacial score (nSPS) is 9.65. The Morgan fingerprint density at radius 2 is 1.96 bits per heavy atom. The Morgan fingerprint density at radius 1 is 1.22 bits per heavy atom. The van der Waals surface area contributed by atoms with E-state index in [-0.39, 0.29) is 22.8 Å². The predicted molar refractivity (Wildman–Crippen MR) is 88.8 cm³/mol. The zero-order valence-electron chi connectivity index (χ0n) is 11.7. The van der Waals surface area contributed by atoms with Gasteiger partial charge in [0, 0.05) is 16.7 Å². The van der Waals surface area contributed by atoms with E-state index in [1.807, 2.05) is 0 Å². The van der Waals surface area contributed by atoms with Crippen LogP contribution in [0.2, 0.25) is 10.0 Å². The number of carbonyl (C=O) groups is 1. The minimum absolute atomic E-state index is 0.0216. The minimum atomic E-state index is -0.638. The summed E-state index contributed by atoms with van der Waals surface area (Å²) >= 11 is 11.7. The molecule has 0 saturated heterocycles. The van der Waals surface area contributed by atoms with Gasteiger partial charge in [-0.15, -0.1) is 0 Å². The fraction of sp³-hybridized carbons (Fsp3) is 0.0625. The van der Waals surface area contributed by atoms with E-state index in [0.29, 0.717) is 10.6 Å². The number of hydrogen-bond acceptors (Lipinski definition) is 3. The minimum Gasteiger partial charge on any atom is -0.341 e. The van der Waals surface area contributed by atoms with E-state index in [4.69, 9.17) is 23.2 Å². The molecule has 0 heterocycles. The summed E-state index contributed by atoms with van der Waals surface area (Å²) < 4.78 is 0. The zero-order chi connectivity index (χ0) is 16.8. The number of benzene rings is 2. The highest BCUT2D eigenvalue weighted by atomic mass is 35.5. The largest absolute Gasteiger partial charge is 0.341 e. The van der Waals surface area contributed by atoms with E-state index in [1.54, 1.807) is 24.3 Å². The van der Waals surface area contributed by atoms with Gasteiger partial charge in [-0.05, 0) is 24.3 Å². The molecule has 0 spiro atoms. The summed E-state index contributed by atoms with van der Waals surface area (Å²) in [5.74, 6) is 4.93. The Bertz CT molecular complexity index is 826. The highest BCUT2D eigenvalue weighted by molar-refractivity contribution is 6.31. The van der Waals surface area contributed by atoms with Gasteiger partial charge in [-0.3, -0.25) is 14.9 Å². The van der Waals surface area contributed by atoms with Crippen molar-refractivity contribution in [3.05, 3.63) is 73.8 Å². The molecule has 0 bridgehead atoms. The van der Waals surface area contributed by atoms with E-state index < -0.39 is 10.8 Å². The van der Waals surface area contributed by atoms with E-state index in [2.05, 4.69) is 17.2 Å². The Hall–Kier alpha value is -2.55. The van der Waals surface area contributed by atoms with Gasteiger partial charge in [0.2, 0.25) is 0 Å². The molecule has 5 nitrogen and oxygen atoms in total. The van der Waals surface area contributed by atoms with Crippen molar-refractivity contribution in [2.24, 2.45) is 0 Å². The van der Waals surface area contributed by atoms with Crippen molar-refractivity contribution in [3.63, 3.8) is 0 Å². The van der Waals surface area contributed by atoms with Crippen molar-refractivity contribution in [2.75, 3.05) is 6.54 Å². The second-order valence-electron chi connectivity index (χ2n) is 4.38. The molecule has 2 rings (SSSR count). The lowest BCUT2D eigenvalue weighted by Crippen LogP contribution is -2.24. The van der Waals surface area contributed by atoms with E-state index in [9.17, 15) is 14.9 Å². The number of halogens is 2. The summed E-state index contributed by atoms with van der Waals surface area (Å²) in [6.07, 6.45) is 0. The summed E-state index contributed by atoms with van der Waals surface area (Å²) in [6, 6.07) is 10.8. The fourth-order valence-electron chi connectivity index (χ4n) is 1.77. The molecule has 0 aliphatic rings. The lowest BCUT2D eigenvalue weighted by atomic mass is 10.1. The van der Waals surface area contributed by atoms with Crippen LogP contribution in [0, 0.1) is 22.0 Å². The Morgan fingerprint density at radius 3 is 2.65 bits per heavy atom. The monoisotopic (exact) mass is 348 g/mol. The maximum atomic E-state index is 12.0. The maximum absolute atomic E-state index is 12.0. The number of nitrogens with zero attached hydrogens (tertiary/aromatic N) is 1. The van der Waals surface area contributed by atoms with Gasteiger partial charge in [-0.2, -0.15) is 0 Å². The van der Waals surface area contributed by atoms with Crippen molar-refractivity contribution in [1.82, 2.24) is 5.32 Å². The third kappa shape index (κ3) is 4.46. The van der Waals surface area contributed by atoms with Crippen LogP contribution in [0.5, 0.6) is 0 Å². The van der Waals surface area contributed by atoms with Crippen molar-refractivity contribution < 1.29 is 9.72 Å². The molecule has 0 atom stereocenters. The maximum Gasteiger partial charge on any atom is 0.282 e. The molecule has 0 aliphatic carbocycles. The van der Waals surface area contributed by atoms with Crippen LogP contribution in [-0.2, 0) is 0 Å². The van der Waals surface area contributed by atoms with Crippen LogP contribution in [0.1, 0.15) is 15.9 Å². The number of hydrogen-bond donors (Lipinski definition) is 1. The highest BCUT2D eigenvalue weighted by Crippen LogP contribution is 2.22. The molecule has 0 aromatic heterocycles.